The highest BCUT2D eigenvalue weighted by atomic mass is 79.9. The van der Waals surface area contributed by atoms with E-state index in [0.717, 1.165) is 38.8 Å². The predicted molar refractivity (Wildman–Crippen MR) is 68.8 cm³/mol. The molecule has 1 fully saturated rings. The van der Waals surface area contributed by atoms with Crippen molar-refractivity contribution in [2.75, 3.05) is 32.7 Å². The highest BCUT2D eigenvalue weighted by Crippen LogP contribution is 2.27. The summed E-state index contributed by atoms with van der Waals surface area (Å²) in [5.74, 6) is -0.380. The molecule has 3 nitrogen and oxygen atoms in total. The number of phenolic OH excluding ortho intramolecular Hbond substituents is 1. The smallest absolute Gasteiger partial charge is 0.132 e. The van der Waals surface area contributed by atoms with Crippen molar-refractivity contribution in [3.8, 4) is 5.75 Å². The van der Waals surface area contributed by atoms with E-state index in [-0.39, 0.29) is 11.6 Å². The van der Waals surface area contributed by atoms with Gasteiger partial charge in [-0.25, -0.2) is 4.39 Å². The van der Waals surface area contributed by atoms with Gasteiger partial charge in [0.1, 0.15) is 11.6 Å². The molecule has 2 N–H and O–H groups in total. The third-order valence-electron chi connectivity index (χ3n) is 3.02. The molecule has 0 spiro atoms. The van der Waals surface area contributed by atoms with E-state index in [1.54, 1.807) is 6.07 Å². The fraction of sp³-hybridized carbons (Fsp3) is 0.500. The quantitative estimate of drug-likeness (QED) is 0.893. The summed E-state index contributed by atoms with van der Waals surface area (Å²) in [6.45, 7) is 4.89. The highest BCUT2D eigenvalue weighted by molar-refractivity contribution is 9.10. The van der Waals surface area contributed by atoms with Crippen LogP contribution in [0, 0.1) is 5.82 Å². The Morgan fingerprint density at radius 1 is 1.35 bits per heavy atom. The summed E-state index contributed by atoms with van der Waals surface area (Å²) in [7, 11) is 0. The standard InChI is InChI=1S/C12H16BrFN2O/c13-10-7-9(11(14)8-12(10)17)1-4-16-5-2-15-3-6-16/h7-8,15,17H,1-6H2. The third-order valence-corrected chi connectivity index (χ3v) is 3.66. The Morgan fingerprint density at radius 3 is 2.76 bits per heavy atom. The van der Waals surface area contributed by atoms with Gasteiger partial charge in [0.15, 0.2) is 0 Å². The molecule has 17 heavy (non-hydrogen) atoms. The lowest BCUT2D eigenvalue weighted by molar-refractivity contribution is 0.243. The predicted octanol–water partition coefficient (Wildman–Crippen LogP) is 1.74. The molecule has 2 rings (SSSR count). The maximum Gasteiger partial charge on any atom is 0.132 e. The Bertz CT molecular complexity index is 394. The minimum atomic E-state index is -0.333. The van der Waals surface area contributed by atoms with Crippen molar-refractivity contribution in [2.24, 2.45) is 0 Å². The molecule has 1 aromatic carbocycles. The lowest BCUT2D eigenvalue weighted by Crippen LogP contribution is -2.44. The Balaban J connectivity index is 1.96. The fourth-order valence-electron chi connectivity index (χ4n) is 1.98. The molecule has 94 valence electrons. The topological polar surface area (TPSA) is 35.5 Å². The van der Waals surface area contributed by atoms with Gasteiger partial charge in [0.25, 0.3) is 0 Å². The lowest BCUT2D eigenvalue weighted by atomic mass is 10.1. The SMILES string of the molecule is Oc1cc(F)c(CCN2CCNCC2)cc1Br. The molecule has 0 bridgehead atoms. The van der Waals surface area contributed by atoms with Crippen LogP contribution in [-0.2, 0) is 6.42 Å². The summed E-state index contributed by atoms with van der Waals surface area (Å²) >= 11 is 3.21. The summed E-state index contributed by atoms with van der Waals surface area (Å²) < 4.78 is 14.1. The molecule has 0 atom stereocenters. The molecule has 1 saturated heterocycles. The largest absolute Gasteiger partial charge is 0.507 e. The molecule has 0 saturated carbocycles. The molecule has 0 amide bonds. The number of aromatic hydroxyl groups is 1. The molecular formula is C12H16BrFN2O. The average Bonchev–Trinajstić information content (AvgIpc) is 2.33. The summed E-state index contributed by atoms with van der Waals surface area (Å²) in [6.07, 6.45) is 0.671. The van der Waals surface area contributed by atoms with Gasteiger partial charge in [-0.1, -0.05) is 0 Å². The maximum atomic E-state index is 13.6. The molecule has 1 aromatic rings. The van der Waals surface area contributed by atoms with Gasteiger partial charge in [-0.15, -0.1) is 0 Å². The van der Waals surface area contributed by atoms with Gasteiger partial charge in [-0.3, -0.25) is 0 Å². The number of benzene rings is 1. The molecule has 0 radical (unpaired) electrons. The molecule has 1 aliphatic rings. The molecule has 1 aliphatic heterocycles. The van der Waals surface area contributed by atoms with Crippen LogP contribution in [0.25, 0.3) is 0 Å². The molecule has 0 aliphatic carbocycles. The van der Waals surface area contributed by atoms with Gasteiger partial charge in [-0.2, -0.15) is 0 Å². The molecule has 5 heteroatoms. The van der Waals surface area contributed by atoms with Crippen LogP contribution in [0.1, 0.15) is 5.56 Å². The van der Waals surface area contributed by atoms with E-state index < -0.39 is 0 Å². The van der Waals surface area contributed by atoms with Crippen LogP contribution in [0.5, 0.6) is 5.75 Å². The van der Waals surface area contributed by atoms with Crippen molar-refractivity contribution in [1.82, 2.24) is 10.2 Å². The Labute approximate surface area is 109 Å². The van der Waals surface area contributed by atoms with Crippen LogP contribution in [0.2, 0.25) is 0 Å². The average molecular weight is 303 g/mol. The zero-order valence-electron chi connectivity index (χ0n) is 9.55. The summed E-state index contributed by atoms with van der Waals surface area (Å²) in [5.41, 5.74) is 0.646. The van der Waals surface area contributed by atoms with E-state index in [1.807, 2.05) is 0 Å². The van der Waals surface area contributed by atoms with Crippen molar-refractivity contribution in [3.63, 3.8) is 0 Å². The van der Waals surface area contributed by atoms with Crippen LogP contribution in [0.3, 0.4) is 0 Å². The van der Waals surface area contributed by atoms with Crippen LogP contribution in [0.4, 0.5) is 4.39 Å². The zero-order valence-corrected chi connectivity index (χ0v) is 11.1. The number of piperazine rings is 1. The monoisotopic (exact) mass is 302 g/mol. The fourth-order valence-corrected chi connectivity index (χ4v) is 2.37. The Morgan fingerprint density at radius 2 is 2.06 bits per heavy atom. The minimum absolute atomic E-state index is 0.0478. The third kappa shape index (κ3) is 3.40. The van der Waals surface area contributed by atoms with Crippen LogP contribution >= 0.6 is 15.9 Å². The number of nitrogens with one attached hydrogen (secondary N) is 1. The van der Waals surface area contributed by atoms with Crippen LogP contribution in [-0.4, -0.2) is 42.7 Å². The summed E-state index contributed by atoms with van der Waals surface area (Å²) in [4.78, 5) is 2.32. The molecule has 0 aromatic heterocycles. The van der Waals surface area contributed by atoms with Crippen molar-refractivity contribution >= 4 is 15.9 Å². The summed E-state index contributed by atoms with van der Waals surface area (Å²) in [6, 6.07) is 2.82. The summed E-state index contributed by atoms with van der Waals surface area (Å²) in [5, 5.41) is 12.6. The number of rotatable bonds is 3. The molecule has 1 heterocycles. The van der Waals surface area contributed by atoms with Gasteiger partial charge in [0.05, 0.1) is 4.47 Å². The number of phenols is 1. The second-order valence-electron chi connectivity index (χ2n) is 4.24. The number of nitrogens with zero attached hydrogens (tertiary/aromatic N) is 1. The normalized spacial score (nSPS) is 17.3. The molecular weight excluding hydrogens is 287 g/mol. The Hall–Kier alpha value is -0.650. The van der Waals surface area contributed by atoms with Crippen molar-refractivity contribution < 1.29 is 9.50 Å². The van der Waals surface area contributed by atoms with Crippen LogP contribution < -0.4 is 5.32 Å². The van der Waals surface area contributed by atoms with E-state index in [0.29, 0.717) is 16.5 Å². The van der Waals surface area contributed by atoms with Crippen molar-refractivity contribution in [1.29, 1.82) is 0 Å². The van der Waals surface area contributed by atoms with Crippen molar-refractivity contribution in [3.05, 3.63) is 28.0 Å². The van der Waals surface area contributed by atoms with Gasteiger partial charge in [0.2, 0.25) is 0 Å². The first-order chi connectivity index (χ1) is 8.16. The lowest BCUT2D eigenvalue weighted by Gasteiger charge is -2.27. The number of hydrogen-bond acceptors (Lipinski definition) is 3. The van der Waals surface area contributed by atoms with E-state index in [2.05, 4.69) is 26.1 Å². The van der Waals surface area contributed by atoms with E-state index in [4.69, 9.17) is 0 Å². The van der Waals surface area contributed by atoms with E-state index in [9.17, 15) is 9.50 Å². The maximum absolute atomic E-state index is 13.6. The van der Waals surface area contributed by atoms with E-state index >= 15 is 0 Å². The highest BCUT2D eigenvalue weighted by Gasteiger charge is 2.12. The van der Waals surface area contributed by atoms with E-state index in [1.165, 1.54) is 0 Å². The van der Waals surface area contributed by atoms with Crippen molar-refractivity contribution in [2.45, 2.75) is 6.42 Å². The zero-order chi connectivity index (χ0) is 12.3. The van der Waals surface area contributed by atoms with Gasteiger partial charge in [-0.05, 0) is 34.0 Å². The first kappa shape index (κ1) is 12.8. The van der Waals surface area contributed by atoms with Gasteiger partial charge in [0, 0.05) is 38.8 Å². The van der Waals surface area contributed by atoms with Gasteiger partial charge < -0.3 is 15.3 Å². The number of halogens is 2. The minimum Gasteiger partial charge on any atom is -0.507 e. The number of hydrogen-bond donors (Lipinski definition) is 2. The Kier molecular flexibility index (Phi) is 4.36. The first-order valence-corrected chi connectivity index (χ1v) is 6.56. The first-order valence-electron chi connectivity index (χ1n) is 5.77. The van der Waals surface area contributed by atoms with Gasteiger partial charge >= 0.3 is 0 Å². The van der Waals surface area contributed by atoms with Crippen LogP contribution in [0.15, 0.2) is 16.6 Å². The second kappa shape index (κ2) is 5.80. The molecule has 0 unspecified atom stereocenters. The second-order valence-corrected chi connectivity index (χ2v) is 5.09.